The summed E-state index contributed by atoms with van der Waals surface area (Å²) < 4.78 is 43.9. The van der Waals surface area contributed by atoms with Gasteiger partial charge in [-0.05, 0) is 36.2 Å². The van der Waals surface area contributed by atoms with Crippen molar-refractivity contribution in [3.63, 3.8) is 0 Å². The number of rotatable bonds is 8. The number of benzene rings is 2. The number of ketones is 1. The predicted molar refractivity (Wildman–Crippen MR) is 130 cm³/mol. The Kier molecular flexibility index (Phi) is 7.75. The van der Waals surface area contributed by atoms with E-state index in [1.54, 1.807) is 6.07 Å². The molecule has 1 aliphatic heterocycles. The molecule has 1 aliphatic rings. The van der Waals surface area contributed by atoms with E-state index in [0.717, 1.165) is 27.8 Å². The van der Waals surface area contributed by atoms with Crippen molar-refractivity contribution in [1.82, 2.24) is 15.0 Å². The van der Waals surface area contributed by atoms with Crippen molar-refractivity contribution in [3.8, 4) is 0 Å². The van der Waals surface area contributed by atoms with Crippen LogP contribution in [0.2, 0.25) is 0 Å². The van der Waals surface area contributed by atoms with Gasteiger partial charge in [0.25, 0.3) is 5.56 Å². The lowest BCUT2D eigenvalue weighted by Gasteiger charge is -2.16. The van der Waals surface area contributed by atoms with Gasteiger partial charge in [-0.25, -0.2) is 13.2 Å². The number of carbonyl (C=O) groups excluding carboxylic acids is 3. The highest BCUT2D eigenvalue weighted by Crippen LogP contribution is 2.18. The smallest absolute Gasteiger partial charge is 0.304 e. The van der Waals surface area contributed by atoms with E-state index >= 15 is 0 Å². The zero-order chi connectivity index (χ0) is 27.4. The van der Waals surface area contributed by atoms with Gasteiger partial charge in [-0.1, -0.05) is 24.3 Å². The summed E-state index contributed by atoms with van der Waals surface area (Å²) in [6.45, 7) is -0.0617. The van der Waals surface area contributed by atoms with Crippen molar-refractivity contribution in [2.24, 2.45) is 0 Å². The lowest BCUT2D eigenvalue weighted by atomic mass is 10.0. The molecule has 1 fully saturated rings. The fourth-order valence-corrected chi connectivity index (χ4v) is 4.02. The van der Waals surface area contributed by atoms with Crippen LogP contribution in [0.4, 0.5) is 13.2 Å². The van der Waals surface area contributed by atoms with Gasteiger partial charge in [0.05, 0.1) is 12.1 Å². The van der Waals surface area contributed by atoms with E-state index in [-0.39, 0.29) is 48.5 Å². The predicted octanol–water partition coefficient (Wildman–Crippen LogP) is 3.18. The molecule has 1 aromatic heterocycles. The first-order valence-corrected chi connectivity index (χ1v) is 11.6. The Bertz CT molecular complexity index is 1500. The second-order valence-corrected chi connectivity index (χ2v) is 8.65. The van der Waals surface area contributed by atoms with Gasteiger partial charge in [0.1, 0.15) is 17.5 Å². The highest BCUT2D eigenvalue weighted by molar-refractivity contribution is 6.08. The van der Waals surface area contributed by atoms with E-state index in [9.17, 15) is 37.5 Å². The van der Waals surface area contributed by atoms with Crippen LogP contribution in [-0.4, -0.2) is 38.8 Å². The van der Waals surface area contributed by atoms with E-state index in [1.165, 1.54) is 30.5 Å². The Labute approximate surface area is 214 Å². The van der Waals surface area contributed by atoms with E-state index < -0.39 is 46.0 Å². The number of halogens is 3. The fraction of sp³-hybridized carbons (Fsp3) is 0.185. The Morgan fingerprint density at radius 2 is 1.68 bits per heavy atom. The Morgan fingerprint density at radius 1 is 1.00 bits per heavy atom. The van der Waals surface area contributed by atoms with Gasteiger partial charge in [0.2, 0.25) is 5.91 Å². The van der Waals surface area contributed by atoms with Gasteiger partial charge in [-0.15, -0.1) is 0 Å². The number of amides is 2. The molecule has 196 valence electrons. The van der Waals surface area contributed by atoms with Gasteiger partial charge in [0.15, 0.2) is 11.5 Å². The molecule has 1 saturated heterocycles. The van der Waals surface area contributed by atoms with Crippen LogP contribution < -0.4 is 11.0 Å². The van der Waals surface area contributed by atoms with Crippen LogP contribution >= 0.6 is 0 Å². The number of aliphatic hydroxyl groups excluding tert-OH is 1. The molecule has 0 unspecified atom stereocenters. The zero-order valence-corrected chi connectivity index (χ0v) is 19.9. The number of aromatic nitrogens is 1. The third kappa shape index (κ3) is 5.83. The van der Waals surface area contributed by atoms with Crippen LogP contribution in [0.3, 0.4) is 0 Å². The van der Waals surface area contributed by atoms with Crippen LogP contribution in [0.15, 0.2) is 71.4 Å². The number of hydrogen-bond acceptors (Lipinski definition) is 5. The second kappa shape index (κ2) is 11.2. The fourth-order valence-electron chi connectivity index (χ4n) is 4.02. The molecule has 38 heavy (non-hydrogen) atoms. The van der Waals surface area contributed by atoms with E-state index in [4.69, 9.17) is 0 Å². The number of aliphatic hydroxyl groups is 1. The molecule has 0 spiro atoms. The van der Waals surface area contributed by atoms with Gasteiger partial charge in [0, 0.05) is 42.8 Å². The summed E-state index contributed by atoms with van der Waals surface area (Å²) in [5.74, 6) is -5.91. The molecular formula is C27H22F3N3O5. The molecule has 2 aromatic carbocycles. The van der Waals surface area contributed by atoms with Crippen LogP contribution in [0, 0.1) is 17.5 Å². The topological polar surface area (TPSA) is 109 Å². The Hall–Kier alpha value is -4.67. The summed E-state index contributed by atoms with van der Waals surface area (Å²) in [5, 5.41) is 11.1. The Balaban J connectivity index is 1.70. The third-order valence-corrected chi connectivity index (χ3v) is 5.96. The number of hydrogen-bond donors (Lipinski definition) is 2. The maximum absolute atomic E-state index is 14.3. The summed E-state index contributed by atoms with van der Waals surface area (Å²) in [7, 11) is 0. The largest absolute Gasteiger partial charge is 0.503 e. The van der Waals surface area contributed by atoms with Gasteiger partial charge in [-0.2, -0.15) is 0 Å². The lowest BCUT2D eigenvalue weighted by molar-refractivity contribution is -0.137. The standard InChI is InChI=1S/C27H22F3N3O5/c28-20-6-2-1-5-17(20)15-32-14-16(11-18-21(29)7-3-8-22(18)30)12-19(27(32)38)23(34)13-24(35)26(37)31-33-10-4-9-25(33)36/h1-3,5-8,12-14,35H,4,9-11,15H2,(H,31,37)/b24-13-. The molecule has 2 heterocycles. The SMILES string of the molecule is O=C(NN1CCCC1=O)/C(O)=C/C(=O)c1cc(Cc2c(F)cccc2F)cn(Cc2ccccc2F)c1=O. The summed E-state index contributed by atoms with van der Waals surface area (Å²) >= 11 is 0. The third-order valence-electron chi connectivity index (χ3n) is 5.96. The average Bonchev–Trinajstić information content (AvgIpc) is 3.28. The monoisotopic (exact) mass is 525 g/mol. The molecule has 0 saturated carbocycles. The number of hydrazine groups is 1. The summed E-state index contributed by atoms with van der Waals surface area (Å²) in [5.41, 5.74) is 0.729. The molecule has 8 nitrogen and oxygen atoms in total. The maximum atomic E-state index is 14.3. The van der Waals surface area contributed by atoms with Gasteiger partial charge in [-0.3, -0.25) is 29.6 Å². The van der Waals surface area contributed by atoms with Crippen molar-refractivity contribution < 1.29 is 32.7 Å². The minimum Gasteiger partial charge on any atom is -0.503 e. The molecule has 11 heteroatoms. The molecular weight excluding hydrogens is 503 g/mol. The van der Waals surface area contributed by atoms with E-state index in [0.29, 0.717) is 12.5 Å². The van der Waals surface area contributed by atoms with Crippen molar-refractivity contribution in [2.75, 3.05) is 6.54 Å². The molecule has 3 aromatic rings. The minimum absolute atomic E-state index is 0.121. The minimum atomic E-state index is -1.13. The number of allylic oxidation sites excluding steroid dienone is 1. The molecule has 2 N–H and O–H groups in total. The molecule has 0 bridgehead atoms. The normalized spacial score (nSPS) is 13.6. The van der Waals surface area contributed by atoms with Gasteiger partial charge < -0.3 is 9.67 Å². The zero-order valence-electron chi connectivity index (χ0n) is 19.9. The van der Waals surface area contributed by atoms with E-state index in [1.807, 2.05) is 0 Å². The first kappa shape index (κ1) is 26.4. The lowest BCUT2D eigenvalue weighted by Crippen LogP contribution is -2.43. The number of pyridine rings is 1. The quantitative estimate of drug-likeness (QED) is 0.267. The summed E-state index contributed by atoms with van der Waals surface area (Å²) in [4.78, 5) is 50.0. The van der Waals surface area contributed by atoms with Crippen molar-refractivity contribution >= 4 is 17.6 Å². The average molecular weight is 525 g/mol. The van der Waals surface area contributed by atoms with Crippen LogP contribution in [0.1, 0.15) is 39.9 Å². The van der Waals surface area contributed by atoms with Crippen molar-refractivity contribution in [1.29, 1.82) is 0 Å². The van der Waals surface area contributed by atoms with Crippen molar-refractivity contribution in [2.45, 2.75) is 25.8 Å². The molecule has 0 atom stereocenters. The number of nitrogens with zero attached hydrogens (tertiary/aromatic N) is 2. The molecule has 0 aliphatic carbocycles. The number of nitrogens with one attached hydrogen (secondary N) is 1. The Morgan fingerprint density at radius 3 is 2.34 bits per heavy atom. The van der Waals surface area contributed by atoms with Crippen molar-refractivity contribution in [3.05, 3.63) is 117 Å². The van der Waals surface area contributed by atoms with Crippen LogP contribution in [-0.2, 0) is 22.6 Å². The first-order valence-electron chi connectivity index (χ1n) is 11.6. The summed E-state index contributed by atoms with van der Waals surface area (Å²) in [6, 6.07) is 10.0. The molecule has 0 radical (unpaired) electrons. The highest BCUT2D eigenvalue weighted by Gasteiger charge is 2.24. The highest BCUT2D eigenvalue weighted by atomic mass is 19.1. The van der Waals surface area contributed by atoms with Crippen LogP contribution in [0.25, 0.3) is 0 Å². The van der Waals surface area contributed by atoms with Crippen LogP contribution in [0.5, 0.6) is 0 Å². The molecule has 4 rings (SSSR count). The van der Waals surface area contributed by atoms with Gasteiger partial charge >= 0.3 is 5.91 Å². The maximum Gasteiger partial charge on any atom is 0.304 e. The second-order valence-electron chi connectivity index (χ2n) is 8.65. The summed E-state index contributed by atoms with van der Waals surface area (Å²) in [6.07, 6.45) is 2.16. The molecule has 2 amide bonds. The first-order chi connectivity index (χ1) is 18.1. The van der Waals surface area contributed by atoms with E-state index in [2.05, 4.69) is 5.43 Å². The number of carbonyl (C=O) groups is 3.